The van der Waals surface area contributed by atoms with Gasteiger partial charge in [-0.2, -0.15) is 0 Å². The summed E-state index contributed by atoms with van der Waals surface area (Å²) in [5, 5.41) is 3.35. The molecule has 2 rings (SSSR count). The van der Waals surface area contributed by atoms with Crippen molar-refractivity contribution in [3.05, 3.63) is 67.7 Å². The second-order valence-corrected chi connectivity index (χ2v) is 6.09. The highest BCUT2D eigenvalue weighted by molar-refractivity contribution is 14.1. The van der Waals surface area contributed by atoms with Crippen molar-refractivity contribution in [2.24, 2.45) is 0 Å². The molecule has 4 nitrogen and oxygen atoms in total. The smallest absolute Gasteiger partial charge is 0.337 e. The zero-order valence-corrected chi connectivity index (χ0v) is 14.6. The molecule has 0 saturated heterocycles. The SMILES string of the molecule is COC(=O)c1ccc(CNC(=O)c2cc(Cl)ccc2I)cc1. The third kappa shape index (κ3) is 4.20. The Balaban J connectivity index is 2.02. The summed E-state index contributed by atoms with van der Waals surface area (Å²) in [7, 11) is 1.34. The lowest BCUT2D eigenvalue weighted by Crippen LogP contribution is -2.23. The van der Waals surface area contributed by atoms with E-state index in [1.807, 2.05) is 0 Å². The zero-order valence-electron chi connectivity index (χ0n) is 11.7. The molecule has 2 aromatic carbocycles. The van der Waals surface area contributed by atoms with Crippen molar-refractivity contribution in [3.8, 4) is 0 Å². The van der Waals surface area contributed by atoms with Crippen molar-refractivity contribution in [1.82, 2.24) is 5.32 Å². The van der Waals surface area contributed by atoms with Gasteiger partial charge < -0.3 is 10.1 Å². The van der Waals surface area contributed by atoms with Gasteiger partial charge in [-0.05, 0) is 58.5 Å². The predicted octanol–water partition coefficient (Wildman–Crippen LogP) is 3.66. The van der Waals surface area contributed by atoms with Gasteiger partial charge in [-0.1, -0.05) is 23.7 Å². The normalized spacial score (nSPS) is 10.1. The number of hydrogen-bond acceptors (Lipinski definition) is 3. The van der Waals surface area contributed by atoms with Crippen molar-refractivity contribution in [2.45, 2.75) is 6.54 Å². The topological polar surface area (TPSA) is 55.4 Å². The molecule has 2 aromatic rings. The van der Waals surface area contributed by atoms with E-state index < -0.39 is 0 Å². The molecule has 0 unspecified atom stereocenters. The fourth-order valence-corrected chi connectivity index (χ4v) is 2.58. The van der Waals surface area contributed by atoms with Crippen molar-refractivity contribution in [2.75, 3.05) is 7.11 Å². The van der Waals surface area contributed by atoms with Crippen molar-refractivity contribution >= 4 is 46.1 Å². The lowest BCUT2D eigenvalue weighted by atomic mass is 10.1. The first-order valence-corrected chi connectivity index (χ1v) is 7.87. The molecular weight excluding hydrogens is 417 g/mol. The van der Waals surface area contributed by atoms with Gasteiger partial charge >= 0.3 is 5.97 Å². The summed E-state index contributed by atoms with van der Waals surface area (Å²) < 4.78 is 5.47. The molecule has 0 aliphatic heterocycles. The Labute approximate surface area is 146 Å². The summed E-state index contributed by atoms with van der Waals surface area (Å²) in [5.74, 6) is -0.576. The quantitative estimate of drug-likeness (QED) is 0.596. The first kappa shape index (κ1) is 16.8. The molecular formula is C16H13ClINO3. The van der Waals surface area contributed by atoms with E-state index in [1.54, 1.807) is 42.5 Å². The average Bonchev–Trinajstić information content (AvgIpc) is 2.54. The van der Waals surface area contributed by atoms with E-state index in [2.05, 4.69) is 32.6 Å². The lowest BCUT2D eigenvalue weighted by Gasteiger charge is -2.08. The third-order valence-corrected chi connectivity index (χ3v) is 4.18. The van der Waals surface area contributed by atoms with E-state index in [0.29, 0.717) is 22.7 Å². The van der Waals surface area contributed by atoms with Crippen LogP contribution < -0.4 is 5.32 Å². The largest absolute Gasteiger partial charge is 0.465 e. The molecule has 1 N–H and O–H groups in total. The van der Waals surface area contributed by atoms with Crippen LogP contribution in [0.4, 0.5) is 0 Å². The maximum atomic E-state index is 12.2. The average molecular weight is 430 g/mol. The van der Waals surface area contributed by atoms with Gasteiger partial charge in [0, 0.05) is 15.1 Å². The minimum Gasteiger partial charge on any atom is -0.465 e. The molecule has 0 aliphatic rings. The number of methoxy groups -OCH3 is 1. The molecule has 1 amide bonds. The second kappa shape index (κ2) is 7.60. The van der Waals surface area contributed by atoms with Crippen LogP contribution in [0.15, 0.2) is 42.5 Å². The Morgan fingerprint density at radius 3 is 2.50 bits per heavy atom. The summed E-state index contributed by atoms with van der Waals surface area (Å²) in [6.45, 7) is 0.364. The van der Waals surface area contributed by atoms with Crippen LogP contribution in [0, 0.1) is 3.57 Å². The molecule has 6 heteroatoms. The number of amides is 1. The molecule has 0 atom stereocenters. The van der Waals surface area contributed by atoms with E-state index in [0.717, 1.165) is 9.13 Å². The van der Waals surface area contributed by atoms with Crippen LogP contribution in [0.1, 0.15) is 26.3 Å². The maximum Gasteiger partial charge on any atom is 0.337 e. The highest BCUT2D eigenvalue weighted by atomic mass is 127. The summed E-state index contributed by atoms with van der Waals surface area (Å²) in [6, 6.07) is 12.0. The van der Waals surface area contributed by atoms with Gasteiger partial charge in [0.2, 0.25) is 0 Å². The van der Waals surface area contributed by atoms with E-state index in [9.17, 15) is 9.59 Å². The molecule has 0 aliphatic carbocycles. The van der Waals surface area contributed by atoms with E-state index >= 15 is 0 Å². The van der Waals surface area contributed by atoms with Crippen molar-refractivity contribution in [1.29, 1.82) is 0 Å². The zero-order chi connectivity index (χ0) is 16.1. The maximum absolute atomic E-state index is 12.2. The Morgan fingerprint density at radius 2 is 1.86 bits per heavy atom. The summed E-state index contributed by atoms with van der Waals surface area (Å²) in [4.78, 5) is 23.5. The number of hydrogen-bond donors (Lipinski definition) is 1. The number of rotatable bonds is 4. The Hall–Kier alpha value is -1.60. The minimum absolute atomic E-state index is 0.191. The number of benzene rings is 2. The molecule has 0 saturated carbocycles. The van der Waals surface area contributed by atoms with Gasteiger partial charge in [-0.25, -0.2) is 4.79 Å². The van der Waals surface area contributed by atoms with Crippen LogP contribution in [0.2, 0.25) is 5.02 Å². The van der Waals surface area contributed by atoms with Gasteiger partial charge in [-0.3, -0.25) is 4.79 Å². The first-order valence-electron chi connectivity index (χ1n) is 6.42. The predicted molar refractivity (Wildman–Crippen MR) is 93.1 cm³/mol. The first-order chi connectivity index (χ1) is 10.5. The minimum atomic E-state index is -0.385. The van der Waals surface area contributed by atoms with Crippen LogP contribution in [-0.4, -0.2) is 19.0 Å². The molecule has 0 bridgehead atoms. The number of halogens is 2. The third-order valence-electron chi connectivity index (χ3n) is 3.00. The lowest BCUT2D eigenvalue weighted by molar-refractivity contribution is 0.0600. The van der Waals surface area contributed by atoms with E-state index in [-0.39, 0.29) is 11.9 Å². The molecule has 0 radical (unpaired) electrons. The molecule has 0 fully saturated rings. The monoisotopic (exact) mass is 429 g/mol. The summed E-state index contributed by atoms with van der Waals surface area (Å²) >= 11 is 8.00. The number of ether oxygens (including phenoxy) is 1. The Morgan fingerprint density at radius 1 is 1.18 bits per heavy atom. The number of esters is 1. The molecule has 22 heavy (non-hydrogen) atoms. The molecule has 0 heterocycles. The van der Waals surface area contributed by atoms with E-state index in [1.165, 1.54) is 7.11 Å². The van der Waals surface area contributed by atoms with Crippen LogP contribution in [0.3, 0.4) is 0 Å². The number of carbonyl (C=O) groups is 2. The second-order valence-electron chi connectivity index (χ2n) is 4.50. The Bertz CT molecular complexity index is 701. The fraction of sp³-hybridized carbons (Fsp3) is 0.125. The highest BCUT2D eigenvalue weighted by Crippen LogP contribution is 2.18. The highest BCUT2D eigenvalue weighted by Gasteiger charge is 2.10. The summed E-state index contributed by atoms with van der Waals surface area (Å²) in [6.07, 6.45) is 0. The summed E-state index contributed by atoms with van der Waals surface area (Å²) in [5.41, 5.74) is 1.90. The fourth-order valence-electron chi connectivity index (χ4n) is 1.83. The molecule has 0 aromatic heterocycles. The standard InChI is InChI=1S/C16H13ClINO3/c1-22-16(21)11-4-2-10(3-5-11)9-19-15(20)13-8-12(17)6-7-14(13)18/h2-8H,9H2,1H3,(H,19,20). The van der Waals surface area contributed by atoms with Crippen LogP contribution in [-0.2, 0) is 11.3 Å². The van der Waals surface area contributed by atoms with Crippen molar-refractivity contribution in [3.63, 3.8) is 0 Å². The number of nitrogens with one attached hydrogen (secondary N) is 1. The molecule has 114 valence electrons. The van der Waals surface area contributed by atoms with Gasteiger partial charge in [-0.15, -0.1) is 0 Å². The number of carbonyl (C=O) groups excluding carboxylic acids is 2. The molecule has 0 spiro atoms. The Kier molecular flexibility index (Phi) is 5.79. The van der Waals surface area contributed by atoms with Gasteiger partial charge in [0.1, 0.15) is 0 Å². The van der Waals surface area contributed by atoms with Crippen molar-refractivity contribution < 1.29 is 14.3 Å². The van der Waals surface area contributed by atoms with Gasteiger partial charge in [0.15, 0.2) is 0 Å². The van der Waals surface area contributed by atoms with Crippen LogP contribution in [0.25, 0.3) is 0 Å². The van der Waals surface area contributed by atoms with Gasteiger partial charge in [0.25, 0.3) is 5.91 Å². The van der Waals surface area contributed by atoms with Crippen LogP contribution >= 0.6 is 34.2 Å². The van der Waals surface area contributed by atoms with Crippen LogP contribution in [0.5, 0.6) is 0 Å². The van der Waals surface area contributed by atoms with Gasteiger partial charge in [0.05, 0.1) is 18.2 Å². The van der Waals surface area contributed by atoms with E-state index in [4.69, 9.17) is 11.6 Å².